The smallest absolute Gasteiger partial charge is 0.312 e. The van der Waals surface area contributed by atoms with Gasteiger partial charge < -0.3 is 24.4 Å². The van der Waals surface area contributed by atoms with Gasteiger partial charge in [-0.25, -0.2) is 0 Å². The number of aliphatic hydroxyl groups is 1. The predicted octanol–water partition coefficient (Wildman–Crippen LogP) is 3.07. The standard InChI is InChI=1S/C29H34N2O6/c1-5-15-30(21-12-11-19-9-7-8-10-20(19)16-21)26(34)24-29-14-13-28(4,37-29)23(27(35)36-6-2)22(29)25(33)31(24)18(3)17-32/h5,7-12,16,18,22-24,32H,1,6,13-15,17H2,2-4H3/t18-,22+,23-,24?,28+,29?/m1/s1. The number of carbonyl (C=O) groups is 3. The van der Waals surface area contributed by atoms with Gasteiger partial charge in [0.15, 0.2) is 0 Å². The number of benzene rings is 2. The van der Waals surface area contributed by atoms with Crippen molar-refractivity contribution in [1.82, 2.24) is 4.90 Å². The van der Waals surface area contributed by atoms with Gasteiger partial charge in [0.05, 0.1) is 30.8 Å². The van der Waals surface area contributed by atoms with E-state index in [0.717, 1.165) is 10.8 Å². The Kier molecular flexibility index (Phi) is 6.36. The summed E-state index contributed by atoms with van der Waals surface area (Å²) in [5.41, 5.74) is -1.40. The zero-order valence-electron chi connectivity index (χ0n) is 21.6. The van der Waals surface area contributed by atoms with Crippen molar-refractivity contribution in [3.05, 3.63) is 55.1 Å². The number of esters is 1. The first-order valence-electron chi connectivity index (χ1n) is 12.9. The third kappa shape index (κ3) is 3.68. The van der Waals surface area contributed by atoms with Crippen LogP contribution < -0.4 is 4.90 Å². The van der Waals surface area contributed by atoms with E-state index < -0.39 is 41.1 Å². The Balaban J connectivity index is 1.61. The fourth-order valence-corrected chi connectivity index (χ4v) is 6.74. The van der Waals surface area contributed by atoms with Crippen molar-refractivity contribution in [2.75, 3.05) is 24.7 Å². The predicted molar refractivity (Wildman–Crippen MR) is 139 cm³/mol. The Hall–Kier alpha value is -3.23. The fourth-order valence-electron chi connectivity index (χ4n) is 6.74. The lowest BCUT2D eigenvalue weighted by Gasteiger charge is -2.38. The van der Waals surface area contributed by atoms with E-state index in [1.807, 2.05) is 49.4 Å². The van der Waals surface area contributed by atoms with Crippen molar-refractivity contribution in [1.29, 1.82) is 0 Å². The van der Waals surface area contributed by atoms with E-state index in [4.69, 9.17) is 9.47 Å². The van der Waals surface area contributed by atoms with E-state index in [2.05, 4.69) is 6.58 Å². The minimum absolute atomic E-state index is 0.188. The zero-order valence-corrected chi connectivity index (χ0v) is 21.6. The Labute approximate surface area is 216 Å². The molecule has 0 aliphatic carbocycles. The highest BCUT2D eigenvalue weighted by molar-refractivity contribution is 6.05. The highest BCUT2D eigenvalue weighted by Crippen LogP contribution is 2.63. The summed E-state index contributed by atoms with van der Waals surface area (Å²) in [7, 11) is 0. The molecule has 3 saturated heterocycles. The molecule has 5 rings (SSSR count). The molecule has 0 saturated carbocycles. The third-order valence-corrected chi connectivity index (χ3v) is 8.35. The number of ether oxygens (including phenoxy) is 2. The molecule has 3 fully saturated rings. The quantitative estimate of drug-likeness (QED) is 0.437. The second-order valence-corrected chi connectivity index (χ2v) is 10.5. The van der Waals surface area contributed by atoms with Crippen molar-refractivity contribution in [2.24, 2.45) is 11.8 Å². The van der Waals surface area contributed by atoms with Gasteiger partial charge in [0.1, 0.15) is 17.6 Å². The topological polar surface area (TPSA) is 96.4 Å². The van der Waals surface area contributed by atoms with Gasteiger partial charge in [0.25, 0.3) is 5.91 Å². The number of amides is 2. The molecular formula is C29H34N2O6. The average molecular weight is 507 g/mol. The fraction of sp³-hybridized carbons (Fsp3) is 0.483. The number of hydrogen-bond donors (Lipinski definition) is 1. The Bertz CT molecular complexity index is 1260. The number of likely N-dealkylation sites (tertiary alicyclic amines) is 1. The van der Waals surface area contributed by atoms with Crippen molar-refractivity contribution in [3.8, 4) is 0 Å². The van der Waals surface area contributed by atoms with Crippen LogP contribution >= 0.6 is 0 Å². The molecule has 2 aromatic carbocycles. The lowest BCUT2D eigenvalue weighted by Crippen LogP contribution is -2.58. The summed E-state index contributed by atoms with van der Waals surface area (Å²) in [4.78, 5) is 44.6. The molecule has 3 aliphatic rings. The van der Waals surface area contributed by atoms with Gasteiger partial charge in [-0.15, -0.1) is 6.58 Å². The van der Waals surface area contributed by atoms with Crippen LogP contribution in [-0.2, 0) is 23.9 Å². The maximum Gasteiger partial charge on any atom is 0.312 e. The molecule has 0 aromatic heterocycles. The molecule has 8 heteroatoms. The monoisotopic (exact) mass is 506 g/mol. The summed E-state index contributed by atoms with van der Waals surface area (Å²) in [6.45, 7) is 9.21. The van der Waals surface area contributed by atoms with Gasteiger partial charge in [0.2, 0.25) is 5.91 Å². The summed E-state index contributed by atoms with van der Waals surface area (Å²) in [5, 5.41) is 12.1. The van der Waals surface area contributed by atoms with Crippen LogP contribution in [0.25, 0.3) is 10.8 Å². The van der Waals surface area contributed by atoms with Crippen LogP contribution in [0.3, 0.4) is 0 Å². The number of anilines is 1. The second kappa shape index (κ2) is 9.26. The minimum Gasteiger partial charge on any atom is -0.466 e. The first-order valence-corrected chi connectivity index (χ1v) is 12.9. The summed E-state index contributed by atoms with van der Waals surface area (Å²) in [5.74, 6) is -2.81. The van der Waals surface area contributed by atoms with Gasteiger partial charge >= 0.3 is 5.97 Å². The summed E-state index contributed by atoms with van der Waals surface area (Å²) < 4.78 is 12.0. The van der Waals surface area contributed by atoms with Gasteiger partial charge in [-0.2, -0.15) is 0 Å². The first kappa shape index (κ1) is 25.4. The third-order valence-electron chi connectivity index (χ3n) is 8.35. The summed E-state index contributed by atoms with van der Waals surface area (Å²) in [6.07, 6.45) is 2.64. The molecule has 6 atom stereocenters. The zero-order chi connectivity index (χ0) is 26.5. The van der Waals surface area contributed by atoms with Crippen LogP contribution in [-0.4, -0.2) is 70.8 Å². The van der Waals surface area contributed by atoms with Crippen LogP contribution in [0.15, 0.2) is 55.1 Å². The van der Waals surface area contributed by atoms with E-state index >= 15 is 0 Å². The van der Waals surface area contributed by atoms with Crippen molar-refractivity contribution in [3.63, 3.8) is 0 Å². The molecule has 3 aliphatic heterocycles. The number of hydrogen-bond acceptors (Lipinski definition) is 6. The van der Waals surface area contributed by atoms with Crippen LogP contribution in [0, 0.1) is 11.8 Å². The number of carbonyl (C=O) groups excluding carboxylic acids is 3. The van der Waals surface area contributed by atoms with Crippen LogP contribution in [0.1, 0.15) is 33.6 Å². The normalized spacial score (nSPS) is 30.9. The van der Waals surface area contributed by atoms with Crippen molar-refractivity contribution < 1.29 is 29.0 Å². The molecule has 2 bridgehead atoms. The molecule has 2 aromatic rings. The lowest BCUT2D eigenvalue weighted by atomic mass is 9.66. The lowest BCUT2D eigenvalue weighted by molar-refractivity contribution is -0.160. The van der Waals surface area contributed by atoms with E-state index in [1.165, 1.54) is 4.90 Å². The maximum atomic E-state index is 14.5. The summed E-state index contributed by atoms with van der Waals surface area (Å²) in [6, 6.07) is 12.0. The molecule has 2 unspecified atom stereocenters. The molecule has 1 N–H and O–H groups in total. The summed E-state index contributed by atoms with van der Waals surface area (Å²) >= 11 is 0. The molecule has 8 nitrogen and oxygen atoms in total. The van der Waals surface area contributed by atoms with Crippen LogP contribution in [0.4, 0.5) is 5.69 Å². The molecule has 37 heavy (non-hydrogen) atoms. The van der Waals surface area contributed by atoms with E-state index in [9.17, 15) is 19.5 Å². The molecule has 196 valence electrons. The SMILES string of the molecule is C=CCN(C(=O)C1N([C@H](C)CO)C(=O)[C@@H]2[C@H](C(=O)OCC)[C@]3(C)CCC12O3)c1ccc2ccccc2c1. The largest absolute Gasteiger partial charge is 0.466 e. The van der Waals surface area contributed by atoms with Crippen molar-refractivity contribution >= 4 is 34.2 Å². The highest BCUT2D eigenvalue weighted by Gasteiger charge is 2.79. The molecule has 2 amide bonds. The molecule has 3 heterocycles. The molecule has 0 radical (unpaired) electrons. The Morgan fingerprint density at radius 1 is 1.27 bits per heavy atom. The van der Waals surface area contributed by atoms with E-state index in [0.29, 0.717) is 18.5 Å². The van der Waals surface area contributed by atoms with E-state index in [-0.39, 0.29) is 31.6 Å². The number of rotatable bonds is 8. The minimum atomic E-state index is -1.18. The van der Waals surface area contributed by atoms with Crippen LogP contribution in [0.5, 0.6) is 0 Å². The highest BCUT2D eigenvalue weighted by atomic mass is 16.6. The van der Waals surface area contributed by atoms with Gasteiger partial charge in [-0.05, 0) is 56.5 Å². The number of nitrogens with zero attached hydrogens (tertiary/aromatic N) is 2. The molecular weight excluding hydrogens is 472 g/mol. The van der Waals surface area contributed by atoms with Gasteiger partial charge in [0, 0.05) is 12.2 Å². The maximum absolute atomic E-state index is 14.5. The number of fused-ring (bicyclic) bond motifs is 2. The number of aliphatic hydroxyl groups excluding tert-OH is 1. The first-order chi connectivity index (χ1) is 17.7. The van der Waals surface area contributed by atoms with Gasteiger partial charge in [-0.3, -0.25) is 14.4 Å². The molecule has 1 spiro atoms. The van der Waals surface area contributed by atoms with Gasteiger partial charge in [-0.1, -0.05) is 36.4 Å². The average Bonchev–Trinajstić information content (AvgIpc) is 3.47. The van der Waals surface area contributed by atoms with E-state index in [1.54, 1.807) is 24.8 Å². The Morgan fingerprint density at radius 3 is 2.68 bits per heavy atom. The van der Waals surface area contributed by atoms with Crippen LogP contribution in [0.2, 0.25) is 0 Å². The van der Waals surface area contributed by atoms with Crippen molar-refractivity contribution in [2.45, 2.75) is 56.9 Å². The second-order valence-electron chi connectivity index (χ2n) is 10.5. The Morgan fingerprint density at radius 2 is 2.00 bits per heavy atom.